The Kier molecular flexibility index (Phi) is 6.05. The predicted octanol–water partition coefficient (Wildman–Crippen LogP) is 4.47. The maximum atomic E-state index is 12.3. The summed E-state index contributed by atoms with van der Waals surface area (Å²) in [5, 5.41) is 7.37. The van der Waals surface area contributed by atoms with Gasteiger partial charge < -0.3 is 14.8 Å². The van der Waals surface area contributed by atoms with Crippen LogP contribution in [0.4, 0.5) is 5.69 Å². The zero-order valence-corrected chi connectivity index (χ0v) is 16.3. The molecule has 150 valence electrons. The van der Waals surface area contributed by atoms with Gasteiger partial charge >= 0.3 is 0 Å². The van der Waals surface area contributed by atoms with Gasteiger partial charge in [0.15, 0.2) is 6.61 Å². The summed E-state index contributed by atoms with van der Waals surface area (Å²) in [7, 11) is 0. The summed E-state index contributed by atoms with van der Waals surface area (Å²) in [5.41, 5.74) is 2.35. The number of ether oxygens (including phenoxy) is 2. The van der Waals surface area contributed by atoms with Gasteiger partial charge in [0.1, 0.15) is 23.8 Å². The van der Waals surface area contributed by atoms with E-state index in [-0.39, 0.29) is 19.1 Å². The molecule has 0 unspecified atom stereocenters. The maximum absolute atomic E-state index is 12.3. The Hall–Kier alpha value is -4.06. The van der Waals surface area contributed by atoms with Crippen LogP contribution in [0.3, 0.4) is 0 Å². The molecule has 6 nitrogen and oxygen atoms in total. The van der Waals surface area contributed by atoms with Crippen LogP contribution < -0.4 is 14.8 Å². The van der Waals surface area contributed by atoms with Crippen molar-refractivity contribution in [2.24, 2.45) is 0 Å². The Labute approximate surface area is 174 Å². The highest BCUT2D eigenvalue weighted by Crippen LogP contribution is 2.24. The zero-order valence-electron chi connectivity index (χ0n) is 16.3. The molecule has 3 aromatic carbocycles. The molecule has 1 aromatic heterocycles. The molecule has 1 N–H and O–H groups in total. The summed E-state index contributed by atoms with van der Waals surface area (Å²) in [4.78, 5) is 12.3. The van der Waals surface area contributed by atoms with Crippen LogP contribution in [0.1, 0.15) is 5.69 Å². The number of nitrogens with one attached hydrogen (secondary N) is 1. The summed E-state index contributed by atoms with van der Waals surface area (Å²) in [6.45, 7) is 0.201. The fourth-order valence-corrected chi connectivity index (χ4v) is 2.86. The van der Waals surface area contributed by atoms with Crippen molar-refractivity contribution >= 4 is 11.6 Å². The maximum Gasteiger partial charge on any atom is 0.262 e. The Morgan fingerprint density at radius 2 is 1.53 bits per heavy atom. The third-order valence-electron chi connectivity index (χ3n) is 4.31. The van der Waals surface area contributed by atoms with Crippen LogP contribution in [0.5, 0.6) is 11.5 Å². The lowest BCUT2D eigenvalue weighted by molar-refractivity contribution is -0.118. The van der Waals surface area contributed by atoms with Gasteiger partial charge in [-0.3, -0.25) is 4.79 Å². The van der Waals surface area contributed by atoms with Crippen LogP contribution in [0, 0.1) is 0 Å². The van der Waals surface area contributed by atoms with Crippen LogP contribution >= 0.6 is 0 Å². The second kappa shape index (κ2) is 9.43. The molecular formula is C24H21N3O3. The lowest BCUT2D eigenvalue weighted by Crippen LogP contribution is -2.20. The molecule has 0 aliphatic rings. The molecule has 4 aromatic rings. The van der Waals surface area contributed by atoms with Gasteiger partial charge in [-0.05, 0) is 42.5 Å². The molecule has 4 rings (SSSR count). The molecule has 0 fully saturated rings. The van der Waals surface area contributed by atoms with E-state index in [0.29, 0.717) is 17.2 Å². The Morgan fingerprint density at radius 3 is 2.33 bits per heavy atom. The molecule has 0 aliphatic heterocycles. The topological polar surface area (TPSA) is 65.4 Å². The molecule has 0 bridgehead atoms. The lowest BCUT2D eigenvalue weighted by Gasteiger charge is -2.12. The van der Waals surface area contributed by atoms with E-state index in [9.17, 15) is 4.79 Å². The molecule has 30 heavy (non-hydrogen) atoms. The summed E-state index contributed by atoms with van der Waals surface area (Å²) < 4.78 is 13.2. The first-order valence-corrected chi connectivity index (χ1v) is 9.57. The highest BCUT2D eigenvalue weighted by molar-refractivity contribution is 5.93. The number of benzene rings is 3. The summed E-state index contributed by atoms with van der Waals surface area (Å²) in [6.07, 6.45) is 1.89. The molecule has 0 atom stereocenters. The zero-order chi connectivity index (χ0) is 20.6. The van der Waals surface area contributed by atoms with Crippen molar-refractivity contribution in [1.82, 2.24) is 9.78 Å². The third-order valence-corrected chi connectivity index (χ3v) is 4.31. The van der Waals surface area contributed by atoms with Crippen molar-refractivity contribution in [2.45, 2.75) is 6.61 Å². The summed E-state index contributed by atoms with van der Waals surface area (Å²) in [6, 6.07) is 28.3. The molecule has 1 amide bonds. The van der Waals surface area contributed by atoms with E-state index >= 15 is 0 Å². The van der Waals surface area contributed by atoms with Crippen molar-refractivity contribution in [2.75, 3.05) is 11.9 Å². The fraction of sp³-hybridized carbons (Fsp3) is 0.0833. The SMILES string of the molecule is O=C(COc1ccccc1)Nc1ccccc1OCc1ccn(-c2ccccc2)n1. The number of hydrogen-bond acceptors (Lipinski definition) is 4. The molecule has 6 heteroatoms. The molecule has 0 aliphatic carbocycles. The number of nitrogens with zero attached hydrogens (tertiary/aromatic N) is 2. The number of carbonyl (C=O) groups excluding carboxylic acids is 1. The van der Waals surface area contributed by atoms with Crippen molar-refractivity contribution < 1.29 is 14.3 Å². The number of rotatable bonds is 8. The van der Waals surface area contributed by atoms with E-state index in [1.165, 1.54) is 0 Å². The van der Waals surface area contributed by atoms with Crippen LogP contribution in [-0.4, -0.2) is 22.3 Å². The van der Waals surface area contributed by atoms with Gasteiger partial charge in [-0.15, -0.1) is 0 Å². The number of aromatic nitrogens is 2. The van der Waals surface area contributed by atoms with Crippen LogP contribution in [0.25, 0.3) is 5.69 Å². The van der Waals surface area contributed by atoms with E-state index < -0.39 is 0 Å². The number of carbonyl (C=O) groups is 1. The molecular weight excluding hydrogens is 378 g/mol. The van der Waals surface area contributed by atoms with Gasteiger partial charge in [0.05, 0.1) is 11.4 Å². The van der Waals surface area contributed by atoms with E-state index in [2.05, 4.69) is 10.4 Å². The first-order chi connectivity index (χ1) is 14.8. The largest absolute Gasteiger partial charge is 0.485 e. The van der Waals surface area contributed by atoms with E-state index in [0.717, 1.165) is 11.4 Å². The van der Waals surface area contributed by atoms with Crippen LogP contribution in [0.15, 0.2) is 97.2 Å². The first kappa shape index (κ1) is 19.3. The van der Waals surface area contributed by atoms with Crippen molar-refractivity contribution in [3.63, 3.8) is 0 Å². The smallest absolute Gasteiger partial charge is 0.262 e. The normalized spacial score (nSPS) is 10.4. The number of para-hydroxylation sites is 4. The fourth-order valence-electron chi connectivity index (χ4n) is 2.86. The first-order valence-electron chi connectivity index (χ1n) is 9.57. The van der Waals surface area contributed by atoms with Crippen molar-refractivity contribution in [3.05, 3.63) is 103 Å². The minimum Gasteiger partial charge on any atom is -0.485 e. The average molecular weight is 399 g/mol. The second-order valence-electron chi connectivity index (χ2n) is 6.52. The minimum atomic E-state index is -0.261. The Bertz CT molecular complexity index is 1090. The van der Waals surface area contributed by atoms with Gasteiger partial charge in [0.25, 0.3) is 5.91 Å². The van der Waals surface area contributed by atoms with Crippen molar-refractivity contribution in [3.8, 4) is 17.2 Å². The highest BCUT2D eigenvalue weighted by atomic mass is 16.5. The summed E-state index contributed by atoms with van der Waals surface area (Å²) >= 11 is 0. The molecule has 1 heterocycles. The number of anilines is 1. The monoisotopic (exact) mass is 399 g/mol. The molecule has 0 saturated carbocycles. The van der Waals surface area contributed by atoms with Crippen LogP contribution in [-0.2, 0) is 11.4 Å². The lowest BCUT2D eigenvalue weighted by atomic mass is 10.3. The predicted molar refractivity (Wildman–Crippen MR) is 115 cm³/mol. The van der Waals surface area contributed by atoms with Gasteiger partial charge in [-0.25, -0.2) is 4.68 Å². The standard InChI is InChI=1S/C24H21N3O3/c28-24(18-29-21-11-5-2-6-12-21)25-22-13-7-8-14-23(22)30-17-19-15-16-27(26-19)20-9-3-1-4-10-20/h1-16H,17-18H2,(H,25,28). The minimum absolute atomic E-state index is 0.0835. The van der Waals surface area contributed by atoms with Gasteiger partial charge in [-0.2, -0.15) is 5.10 Å². The van der Waals surface area contributed by atoms with Crippen molar-refractivity contribution in [1.29, 1.82) is 0 Å². The highest BCUT2D eigenvalue weighted by Gasteiger charge is 2.10. The van der Waals surface area contributed by atoms with E-state index in [1.807, 2.05) is 79.0 Å². The Balaban J connectivity index is 1.35. The van der Waals surface area contributed by atoms with E-state index in [4.69, 9.17) is 9.47 Å². The quantitative estimate of drug-likeness (QED) is 0.475. The second-order valence-corrected chi connectivity index (χ2v) is 6.52. The van der Waals surface area contributed by atoms with Gasteiger partial charge in [0.2, 0.25) is 0 Å². The molecule has 0 radical (unpaired) electrons. The Morgan fingerprint density at radius 1 is 0.833 bits per heavy atom. The van der Waals surface area contributed by atoms with Crippen LogP contribution in [0.2, 0.25) is 0 Å². The van der Waals surface area contributed by atoms with E-state index in [1.54, 1.807) is 22.9 Å². The summed E-state index contributed by atoms with van der Waals surface area (Å²) in [5.74, 6) is 0.953. The average Bonchev–Trinajstić information content (AvgIpc) is 3.28. The molecule has 0 spiro atoms. The number of amides is 1. The third kappa shape index (κ3) is 5.05. The molecule has 0 saturated heterocycles. The van der Waals surface area contributed by atoms with Gasteiger partial charge in [-0.1, -0.05) is 48.5 Å². The number of hydrogen-bond donors (Lipinski definition) is 1. The van der Waals surface area contributed by atoms with Gasteiger partial charge in [0, 0.05) is 6.20 Å².